The highest BCUT2D eigenvalue weighted by Crippen LogP contribution is 2.35. The van der Waals surface area contributed by atoms with Gasteiger partial charge in [0.1, 0.15) is 11.3 Å². The Bertz CT molecular complexity index is 1080. The lowest BCUT2D eigenvalue weighted by molar-refractivity contribution is -0.274. The molecule has 2 amide bonds. The molecule has 2 aromatic carbocycles. The molecule has 33 heavy (non-hydrogen) atoms. The number of urea groups is 1. The molecule has 0 bridgehead atoms. The van der Waals surface area contributed by atoms with E-state index in [1.54, 1.807) is 32.0 Å². The molecule has 0 saturated heterocycles. The van der Waals surface area contributed by atoms with Crippen molar-refractivity contribution in [1.29, 1.82) is 0 Å². The first-order valence-corrected chi connectivity index (χ1v) is 10.6. The van der Waals surface area contributed by atoms with Gasteiger partial charge < -0.3 is 15.4 Å². The summed E-state index contributed by atoms with van der Waals surface area (Å²) in [7, 11) is 0. The number of pyridine rings is 1. The summed E-state index contributed by atoms with van der Waals surface area (Å²) in [6.07, 6.45) is -3.22. The van der Waals surface area contributed by atoms with Gasteiger partial charge in [0.05, 0.1) is 10.7 Å². The Morgan fingerprint density at radius 2 is 1.79 bits per heavy atom. The molecule has 0 radical (unpaired) electrons. The van der Waals surface area contributed by atoms with E-state index in [0.29, 0.717) is 16.3 Å². The lowest BCUT2D eigenvalue weighted by atomic mass is 9.80. The second kappa shape index (κ2) is 10.1. The maximum absolute atomic E-state index is 12.9. The van der Waals surface area contributed by atoms with Crippen LogP contribution < -0.4 is 15.4 Å². The number of amides is 2. The van der Waals surface area contributed by atoms with E-state index in [9.17, 15) is 18.0 Å². The number of hydrogen-bond donors (Lipinski definition) is 2. The number of rotatable bonds is 7. The molecular weight excluding hydrogens is 455 g/mol. The molecule has 0 aliphatic carbocycles. The standard InChI is InChI=1S/C24H23ClF3N3O2/c1-16(2)30-22(32)31-23(14-17-7-4-3-5-8-17,21-12-11-19(25)15-29-21)18-9-6-10-20(13-18)33-24(26,27)28/h3-13,15-16H,14H2,1-2H3,(H2,30,31,32). The van der Waals surface area contributed by atoms with Gasteiger partial charge in [0.25, 0.3) is 0 Å². The quantitative estimate of drug-likeness (QED) is 0.450. The molecule has 5 nitrogen and oxygen atoms in total. The number of nitrogens with one attached hydrogen (secondary N) is 2. The molecule has 0 fully saturated rings. The fourth-order valence-corrected chi connectivity index (χ4v) is 3.61. The summed E-state index contributed by atoms with van der Waals surface area (Å²) in [5, 5.41) is 6.11. The van der Waals surface area contributed by atoms with Crippen molar-refractivity contribution < 1.29 is 22.7 Å². The number of hydrogen-bond acceptors (Lipinski definition) is 3. The number of carbonyl (C=O) groups is 1. The molecule has 1 atom stereocenters. The van der Waals surface area contributed by atoms with Crippen LogP contribution in [0.3, 0.4) is 0 Å². The van der Waals surface area contributed by atoms with Crippen LogP contribution in [0, 0.1) is 0 Å². The van der Waals surface area contributed by atoms with E-state index < -0.39 is 23.7 Å². The number of benzene rings is 2. The monoisotopic (exact) mass is 477 g/mol. The summed E-state index contributed by atoms with van der Waals surface area (Å²) in [5.41, 5.74) is 0.275. The van der Waals surface area contributed by atoms with Gasteiger partial charge in [-0.2, -0.15) is 0 Å². The number of alkyl halides is 3. The smallest absolute Gasteiger partial charge is 0.406 e. The van der Waals surface area contributed by atoms with Crippen LogP contribution in [-0.4, -0.2) is 23.4 Å². The summed E-state index contributed by atoms with van der Waals surface area (Å²) in [6, 6.07) is 17.4. The molecule has 9 heteroatoms. The number of ether oxygens (including phenoxy) is 1. The molecule has 3 rings (SSSR count). The van der Waals surface area contributed by atoms with Gasteiger partial charge in [-0.15, -0.1) is 13.2 Å². The van der Waals surface area contributed by atoms with Crippen molar-refractivity contribution >= 4 is 17.6 Å². The third-order valence-electron chi connectivity index (χ3n) is 4.78. The maximum Gasteiger partial charge on any atom is 0.573 e. The third-order valence-corrected chi connectivity index (χ3v) is 5.01. The van der Waals surface area contributed by atoms with Gasteiger partial charge in [0.2, 0.25) is 0 Å². The molecule has 3 aromatic rings. The van der Waals surface area contributed by atoms with Crippen LogP contribution in [-0.2, 0) is 12.0 Å². The Balaban J connectivity index is 2.20. The van der Waals surface area contributed by atoms with Crippen LogP contribution in [0.25, 0.3) is 0 Å². The number of aromatic nitrogens is 1. The summed E-state index contributed by atoms with van der Waals surface area (Å²) >= 11 is 6.03. The number of carbonyl (C=O) groups excluding carboxylic acids is 1. The maximum atomic E-state index is 12.9. The first-order chi connectivity index (χ1) is 15.6. The van der Waals surface area contributed by atoms with Crippen LogP contribution in [0.2, 0.25) is 5.02 Å². The molecule has 0 aliphatic rings. The zero-order valence-corrected chi connectivity index (χ0v) is 18.7. The van der Waals surface area contributed by atoms with Crippen molar-refractivity contribution in [3.05, 3.63) is 94.8 Å². The van der Waals surface area contributed by atoms with Crippen LogP contribution in [0.5, 0.6) is 5.75 Å². The molecule has 1 unspecified atom stereocenters. The van der Waals surface area contributed by atoms with Gasteiger partial charge in [-0.1, -0.05) is 54.1 Å². The van der Waals surface area contributed by atoms with Crippen molar-refractivity contribution in [2.75, 3.05) is 0 Å². The summed E-state index contributed by atoms with van der Waals surface area (Å²) in [4.78, 5) is 17.3. The van der Waals surface area contributed by atoms with Crippen molar-refractivity contribution in [2.45, 2.75) is 38.2 Å². The predicted octanol–water partition coefficient (Wildman–Crippen LogP) is 5.83. The molecule has 0 spiro atoms. The average molecular weight is 478 g/mol. The molecule has 1 heterocycles. The fourth-order valence-electron chi connectivity index (χ4n) is 3.50. The van der Waals surface area contributed by atoms with Crippen molar-refractivity contribution in [1.82, 2.24) is 15.6 Å². The van der Waals surface area contributed by atoms with Gasteiger partial charge in [-0.25, -0.2) is 4.79 Å². The van der Waals surface area contributed by atoms with Crippen LogP contribution >= 0.6 is 11.6 Å². The Labute approximate surface area is 194 Å². The highest BCUT2D eigenvalue weighted by atomic mass is 35.5. The zero-order valence-electron chi connectivity index (χ0n) is 18.0. The van der Waals surface area contributed by atoms with Crippen molar-refractivity contribution in [3.63, 3.8) is 0 Å². The topological polar surface area (TPSA) is 63.2 Å². The minimum Gasteiger partial charge on any atom is -0.406 e. The molecular formula is C24H23ClF3N3O2. The Morgan fingerprint density at radius 3 is 2.39 bits per heavy atom. The molecule has 0 saturated carbocycles. The predicted molar refractivity (Wildman–Crippen MR) is 120 cm³/mol. The molecule has 2 N–H and O–H groups in total. The Hall–Kier alpha value is -3.26. The van der Waals surface area contributed by atoms with Gasteiger partial charge >= 0.3 is 12.4 Å². The summed E-state index contributed by atoms with van der Waals surface area (Å²) in [6.45, 7) is 3.60. The van der Waals surface area contributed by atoms with Gasteiger partial charge in [0.15, 0.2) is 0 Å². The third kappa shape index (κ3) is 6.61. The van der Waals surface area contributed by atoms with Crippen LogP contribution in [0.1, 0.15) is 30.7 Å². The minimum atomic E-state index is -4.86. The lowest BCUT2D eigenvalue weighted by Crippen LogP contribution is -2.53. The van der Waals surface area contributed by atoms with Crippen LogP contribution in [0.15, 0.2) is 72.9 Å². The highest BCUT2D eigenvalue weighted by Gasteiger charge is 2.39. The average Bonchev–Trinajstić information content (AvgIpc) is 2.73. The highest BCUT2D eigenvalue weighted by molar-refractivity contribution is 6.30. The largest absolute Gasteiger partial charge is 0.573 e. The second-order valence-corrected chi connectivity index (χ2v) is 8.19. The first kappa shape index (κ1) is 24.4. The van der Waals surface area contributed by atoms with Gasteiger partial charge in [-0.05, 0) is 49.2 Å². The van der Waals surface area contributed by atoms with E-state index in [-0.39, 0.29) is 12.5 Å². The first-order valence-electron chi connectivity index (χ1n) is 10.2. The van der Waals surface area contributed by atoms with Crippen molar-refractivity contribution in [2.24, 2.45) is 0 Å². The Morgan fingerprint density at radius 1 is 1.06 bits per heavy atom. The summed E-state index contributed by atoms with van der Waals surface area (Å²) in [5.74, 6) is -0.405. The normalized spacial score (nSPS) is 13.3. The molecule has 1 aromatic heterocycles. The SMILES string of the molecule is CC(C)NC(=O)NC(Cc1ccccc1)(c1cccc(OC(F)(F)F)c1)c1ccc(Cl)cn1. The van der Waals surface area contributed by atoms with E-state index in [0.717, 1.165) is 5.56 Å². The molecule has 174 valence electrons. The van der Waals surface area contributed by atoms with Gasteiger partial charge in [-0.3, -0.25) is 4.98 Å². The van der Waals surface area contributed by atoms with Crippen molar-refractivity contribution in [3.8, 4) is 5.75 Å². The number of nitrogens with zero attached hydrogens (tertiary/aromatic N) is 1. The minimum absolute atomic E-state index is 0.169. The number of halogens is 4. The lowest BCUT2D eigenvalue weighted by Gasteiger charge is -2.36. The second-order valence-electron chi connectivity index (χ2n) is 7.76. The van der Waals surface area contributed by atoms with E-state index in [2.05, 4.69) is 20.4 Å². The zero-order chi connectivity index (χ0) is 24.1. The van der Waals surface area contributed by atoms with E-state index in [1.807, 2.05) is 30.3 Å². The van der Waals surface area contributed by atoms with Crippen LogP contribution in [0.4, 0.5) is 18.0 Å². The fraction of sp³-hybridized carbons (Fsp3) is 0.250. The van der Waals surface area contributed by atoms with Gasteiger partial charge in [0, 0.05) is 18.7 Å². The molecule has 0 aliphatic heterocycles. The Kier molecular flexibility index (Phi) is 7.48. The van der Waals surface area contributed by atoms with E-state index in [4.69, 9.17) is 11.6 Å². The van der Waals surface area contributed by atoms with E-state index >= 15 is 0 Å². The van der Waals surface area contributed by atoms with E-state index in [1.165, 1.54) is 24.4 Å². The summed E-state index contributed by atoms with van der Waals surface area (Å²) < 4.78 is 42.9.